The van der Waals surface area contributed by atoms with Crippen LogP contribution >= 0.6 is 0 Å². The van der Waals surface area contributed by atoms with Gasteiger partial charge in [-0.2, -0.15) is 0 Å². The van der Waals surface area contributed by atoms with Crippen LogP contribution in [0.3, 0.4) is 0 Å². The largest absolute Gasteiger partial charge is 0.478 e. The van der Waals surface area contributed by atoms with Gasteiger partial charge in [0.2, 0.25) is 0 Å². The molecule has 4 rings (SSSR count). The van der Waals surface area contributed by atoms with Crippen molar-refractivity contribution < 1.29 is 9.90 Å². The van der Waals surface area contributed by atoms with E-state index in [1.165, 1.54) is 24.8 Å². The van der Waals surface area contributed by atoms with E-state index in [9.17, 15) is 4.79 Å². The second-order valence-electron chi connectivity index (χ2n) is 7.60. The molecular weight excluding hydrogens is 324 g/mol. The van der Waals surface area contributed by atoms with Crippen LogP contribution in [0.25, 0.3) is 0 Å². The Balaban J connectivity index is 1.22. The molecule has 0 aliphatic heterocycles. The zero-order valence-electron chi connectivity index (χ0n) is 14.9. The molecule has 0 amide bonds. The summed E-state index contributed by atoms with van der Waals surface area (Å²) in [5.41, 5.74) is 2.81. The lowest BCUT2D eigenvalue weighted by atomic mass is 9.91. The zero-order valence-corrected chi connectivity index (χ0v) is 14.9. The highest BCUT2D eigenvalue weighted by atomic mass is 16.4. The average molecular weight is 350 g/mol. The molecule has 136 valence electrons. The minimum absolute atomic E-state index is 0.334. The van der Waals surface area contributed by atoms with Gasteiger partial charge in [-0.1, -0.05) is 30.3 Å². The second kappa shape index (κ2) is 7.50. The van der Waals surface area contributed by atoms with E-state index >= 15 is 0 Å². The maximum Gasteiger partial charge on any atom is 0.335 e. The van der Waals surface area contributed by atoms with Gasteiger partial charge in [0, 0.05) is 29.7 Å². The SMILES string of the molecule is O=C(O)c1ccc(NC2CCC(N[C@@H]3C[C@H]3c3ccccc3)CC2)cc1. The van der Waals surface area contributed by atoms with Gasteiger partial charge in [0.1, 0.15) is 0 Å². The molecular formula is C22H26N2O2. The van der Waals surface area contributed by atoms with Crippen LogP contribution in [0.15, 0.2) is 54.6 Å². The van der Waals surface area contributed by atoms with Gasteiger partial charge in [0.05, 0.1) is 5.56 Å². The first-order valence-electron chi connectivity index (χ1n) is 9.60. The monoisotopic (exact) mass is 350 g/mol. The minimum Gasteiger partial charge on any atom is -0.478 e. The standard InChI is InChI=1S/C22H26N2O2/c25-22(26)16-6-8-17(9-7-16)23-18-10-12-19(13-11-18)24-21-14-20(21)15-4-2-1-3-5-15/h1-9,18-21,23-24H,10-14H2,(H,25,26)/t18?,19?,20-,21+/m0/s1. The molecule has 0 heterocycles. The lowest BCUT2D eigenvalue weighted by molar-refractivity contribution is 0.0697. The molecule has 4 heteroatoms. The van der Waals surface area contributed by atoms with Crippen molar-refractivity contribution in [2.24, 2.45) is 0 Å². The van der Waals surface area contributed by atoms with Crippen LogP contribution in [0.2, 0.25) is 0 Å². The van der Waals surface area contributed by atoms with E-state index in [1.54, 1.807) is 12.1 Å². The van der Waals surface area contributed by atoms with Crippen molar-refractivity contribution in [1.29, 1.82) is 0 Å². The van der Waals surface area contributed by atoms with E-state index < -0.39 is 5.97 Å². The van der Waals surface area contributed by atoms with E-state index in [4.69, 9.17) is 5.11 Å². The molecule has 2 saturated carbocycles. The molecule has 2 aliphatic rings. The highest BCUT2D eigenvalue weighted by Crippen LogP contribution is 2.41. The summed E-state index contributed by atoms with van der Waals surface area (Å²) >= 11 is 0. The lowest BCUT2D eigenvalue weighted by Gasteiger charge is -2.30. The highest BCUT2D eigenvalue weighted by Gasteiger charge is 2.39. The van der Waals surface area contributed by atoms with Crippen molar-refractivity contribution in [1.82, 2.24) is 5.32 Å². The molecule has 4 nitrogen and oxygen atoms in total. The minimum atomic E-state index is -0.878. The van der Waals surface area contributed by atoms with Gasteiger partial charge in [-0.05, 0) is 61.9 Å². The first kappa shape index (κ1) is 17.1. The van der Waals surface area contributed by atoms with Crippen molar-refractivity contribution >= 4 is 11.7 Å². The Kier molecular flexibility index (Phi) is 4.93. The van der Waals surface area contributed by atoms with Crippen LogP contribution in [0.4, 0.5) is 5.69 Å². The maximum absolute atomic E-state index is 10.9. The predicted octanol–water partition coefficient (Wildman–Crippen LogP) is 4.25. The normalized spacial score (nSPS) is 27.7. The van der Waals surface area contributed by atoms with Gasteiger partial charge in [0.15, 0.2) is 0 Å². The summed E-state index contributed by atoms with van der Waals surface area (Å²) in [7, 11) is 0. The van der Waals surface area contributed by atoms with Crippen LogP contribution < -0.4 is 10.6 Å². The lowest BCUT2D eigenvalue weighted by Crippen LogP contribution is -2.38. The molecule has 2 fully saturated rings. The molecule has 0 radical (unpaired) electrons. The average Bonchev–Trinajstić information content (AvgIpc) is 3.44. The van der Waals surface area contributed by atoms with Gasteiger partial charge in [-0.15, -0.1) is 0 Å². The van der Waals surface area contributed by atoms with Crippen LogP contribution in [0.5, 0.6) is 0 Å². The Bertz CT molecular complexity index is 736. The number of hydrogen-bond acceptors (Lipinski definition) is 3. The third-order valence-corrected chi connectivity index (χ3v) is 5.70. The topological polar surface area (TPSA) is 61.4 Å². The van der Waals surface area contributed by atoms with Gasteiger partial charge in [-0.3, -0.25) is 0 Å². The van der Waals surface area contributed by atoms with Crippen molar-refractivity contribution in [3.63, 3.8) is 0 Å². The Hall–Kier alpha value is -2.33. The number of benzene rings is 2. The van der Waals surface area contributed by atoms with Gasteiger partial charge >= 0.3 is 5.97 Å². The smallest absolute Gasteiger partial charge is 0.335 e. The van der Waals surface area contributed by atoms with Crippen LogP contribution in [0.1, 0.15) is 53.9 Å². The molecule has 26 heavy (non-hydrogen) atoms. The summed E-state index contributed by atoms with van der Waals surface area (Å²) in [6.45, 7) is 0. The Morgan fingerprint density at radius 3 is 2.19 bits per heavy atom. The van der Waals surface area contributed by atoms with Crippen molar-refractivity contribution in [3.8, 4) is 0 Å². The number of rotatable bonds is 6. The zero-order chi connectivity index (χ0) is 17.9. The van der Waals surface area contributed by atoms with Crippen molar-refractivity contribution in [3.05, 3.63) is 65.7 Å². The molecule has 0 unspecified atom stereocenters. The highest BCUT2D eigenvalue weighted by molar-refractivity contribution is 5.88. The first-order chi connectivity index (χ1) is 12.7. The molecule has 0 aromatic heterocycles. The molecule has 0 bridgehead atoms. The van der Waals surface area contributed by atoms with Crippen molar-refractivity contribution in [2.75, 3.05) is 5.32 Å². The Labute approximate surface area is 154 Å². The van der Waals surface area contributed by atoms with E-state index in [-0.39, 0.29) is 0 Å². The van der Waals surface area contributed by atoms with Gasteiger partial charge in [-0.25, -0.2) is 4.79 Å². The third kappa shape index (κ3) is 4.07. The summed E-state index contributed by atoms with van der Waals surface area (Å²) in [6, 6.07) is 19.6. The molecule has 0 spiro atoms. The number of carboxylic acids is 1. The van der Waals surface area contributed by atoms with Gasteiger partial charge < -0.3 is 15.7 Å². The van der Waals surface area contributed by atoms with E-state index in [0.29, 0.717) is 29.6 Å². The predicted molar refractivity (Wildman–Crippen MR) is 104 cm³/mol. The summed E-state index contributed by atoms with van der Waals surface area (Å²) in [6.07, 6.45) is 5.96. The molecule has 2 atom stereocenters. The van der Waals surface area contributed by atoms with E-state index in [0.717, 1.165) is 18.5 Å². The summed E-state index contributed by atoms with van der Waals surface area (Å²) in [5, 5.41) is 16.4. The summed E-state index contributed by atoms with van der Waals surface area (Å²) in [4.78, 5) is 10.9. The molecule has 2 aliphatic carbocycles. The summed E-state index contributed by atoms with van der Waals surface area (Å²) < 4.78 is 0. The second-order valence-corrected chi connectivity index (χ2v) is 7.60. The number of anilines is 1. The molecule has 3 N–H and O–H groups in total. The maximum atomic E-state index is 10.9. The fraction of sp³-hybridized carbons (Fsp3) is 0.409. The van der Waals surface area contributed by atoms with Crippen LogP contribution in [-0.2, 0) is 0 Å². The van der Waals surface area contributed by atoms with Crippen LogP contribution in [0, 0.1) is 0 Å². The molecule has 2 aromatic rings. The Morgan fingerprint density at radius 1 is 0.885 bits per heavy atom. The Morgan fingerprint density at radius 2 is 1.54 bits per heavy atom. The first-order valence-corrected chi connectivity index (χ1v) is 9.60. The van der Waals surface area contributed by atoms with E-state index in [2.05, 4.69) is 41.0 Å². The fourth-order valence-corrected chi connectivity index (χ4v) is 4.10. The number of carbonyl (C=O) groups is 1. The van der Waals surface area contributed by atoms with Crippen molar-refractivity contribution in [2.45, 2.75) is 56.1 Å². The molecule has 0 saturated heterocycles. The molecule has 2 aromatic carbocycles. The number of hydrogen-bond donors (Lipinski definition) is 3. The summed E-state index contributed by atoms with van der Waals surface area (Å²) in [5.74, 6) is -0.184. The quantitative estimate of drug-likeness (QED) is 0.729. The van der Waals surface area contributed by atoms with Crippen LogP contribution in [-0.4, -0.2) is 29.2 Å². The van der Waals surface area contributed by atoms with E-state index in [1.807, 2.05) is 12.1 Å². The number of aromatic carboxylic acids is 1. The number of carboxylic acid groups (broad SMARTS) is 1. The van der Waals surface area contributed by atoms with Gasteiger partial charge in [0.25, 0.3) is 0 Å². The third-order valence-electron chi connectivity index (χ3n) is 5.70. The number of nitrogens with one attached hydrogen (secondary N) is 2. The fourth-order valence-electron chi connectivity index (χ4n) is 4.10.